The maximum atomic E-state index is 12.8. The van der Waals surface area contributed by atoms with Crippen LogP contribution in [0.25, 0.3) is 5.69 Å². The molecule has 7 nitrogen and oxygen atoms in total. The van der Waals surface area contributed by atoms with Gasteiger partial charge in [-0.2, -0.15) is 10.2 Å². The lowest BCUT2D eigenvalue weighted by Crippen LogP contribution is -2.26. The average Bonchev–Trinajstić information content (AvgIpc) is 2.72. The molecule has 3 aromatic rings. The van der Waals surface area contributed by atoms with Crippen molar-refractivity contribution in [1.82, 2.24) is 9.55 Å². The van der Waals surface area contributed by atoms with Crippen LogP contribution in [0, 0.1) is 11.3 Å². The summed E-state index contributed by atoms with van der Waals surface area (Å²) in [5.41, 5.74) is 7.18. The number of nitrogens with zero attached hydrogens (tertiary/aromatic N) is 3. The third kappa shape index (κ3) is 4.65. The van der Waals surface area contributed by atoms with Crippen molar-refractivity contribution in [2.24, 2.45) is 0 Å². The number of thioether (sulfide) groups is 1. The number of nitrogens with one attached hydrogen (secondary N) is 1. The Morgan fingerprint density at radius 3 is 2.62 bits per heavy atom. The number of hydrogen-bond acceptors (Lipinski definition) is 6. The smallest absolute Gasteiger partial charge is 0.275 e. The standard InChI is InChI=1S/C21H19N5O2S/c1-2-17(20(28)24-16-11-7-6-8-14(16)13-22)29-21-25-19(27)12-18(23)26(21)15-9-4-3-5-10-15/h3-12,17H,2,23H2,1H3,(H,24,28). The molecule has 0 spiro atoms. The number of hydrogen-bond donors (Lipinski definition) is 2. The highest BCUT2D eigenvalue weighted by Crippen LogP contribution is 2.28. The van der Waals surface area contributed by atoms with Crippen molar-refractivity contribution in [2.75, 3.05) is 11.1 Å². The minimum atomic E-state index is -0.537. The SMILES string of the molecule is CCC(Sc1nc(=O)cc(N)n1-c1ccccc1)C(=O)Nc1ccccc1C#N. The van der Waals surface area contributed by atoms with Gasteiger partial charge in [0.05, 0.1) is 16.5 Å². The third-order valence-electron chi connectivity index (χ3n) is 4.16. The average molecular weight is 405 g/mol. The highest BCUT2D eigenvalue weighted by molar-refractivity contribution is 8.00. The van der Waals surface area contributed by atoms with Crippen LogP contribution in [0.4, 0.5) is 11.5 Å². The van der Waals surface area contributed by atoms with Gasteiger partial charge in [0, 0.05) is 11.8 Å². The number of aromatic nitrogens is 2. The van der Waals surface area contributed by atoms with E-state index in [1.165, 1.54) is 6.07 Å². The van der Waals surface area contributed by atoms with E-state index in [0.29, 0.717) is 22.8 Å². The van der Waals surface area contributed by atoms with Crippen LogP contribution < -0.4 is 16.6 Å². The minimum absolute atomic E-state index is 0.240. The van der Waals surface area contributed by atoms with Crippen LogP contribution in [0.1, 0.15) is 18.9 Å². The summed E-state index contributed by atoms with van der Waals surface area (Å²) in [5.74, 6) is -0.0414. The molecule has 1 aromatic heterocycles. The summed E-state index contributed by atoms with van der Waals surface area (Å²) < 4.78 is 1.64. The Morgan fingerprint density at radius 1 is 1.24 bits per heavy atom. The number of para-hydroxylation sites is 2. The second-order valence-corrected chi connectivity index (χ2v) is 7.30. The molecule has 0 aliphatic carbocycles. The molecular weight excluding hydrogens is 386 g/mol. The largest absolute Gasteiger partial charge is 0.385 e. The first-order chi connectivity index (χ1) is 14.0. The minimum Gasteiger partial charge on any atom is -0.385 e. The highest BCUT2D eigenvalue weighted by atomic mass is 32.2. The molecular formula is C21H19N5O2S. The van der Waals surface area contributed by atoms with Crippen molar-refractivity contribution in [2.45, 2.75) is 23.8 Å². The number of amides is 1. The summed E-state index contributed by atoms with van der Waals surface area (Å²) in [6.45, 7) is 1.87. The summed E-state index contributed by atoms with van der Waals surface area (Å²) in [5, 5.41) is 11.8. The number of benzene rings is 2. The zero-order chi connectivity index (χ0) is 20.8. The molecule has 146 valence electrons. The van der Waals surface area contributed by atoms with Crippen molar-refractivity contribution < 1.29 is 4.79 Å². The first-order valence-corrected chi connectivity index (χ1v) is 9.83. The number of rotatable bonds is 6. The Hall–Kier alpha value is -3.57. The molecule has 3 N–H and O–H groups in total. The molecule has 2 aromatic carbocycles. The van der Waals surface area contributed by atoms with Gasteiger partial charge >= 0.3 is 0 Å². The maximum Gasteiger partial charge on any atom is 0.275 e. The van der Waals surface area contributed by atoms with E-state index in [9.17, 15) is 14.9 Å². The van der Waals surface area contributed by atoms with Crippen molar-refractivity contribution in [3.05, 3.63) is 76.6 Å². The molecule has 29 heavy (non-hydrogen) atoms. The van der Waals surface area contributed by atoms with Crippen LogP contribution in [0.2, 0.25) is 0 Å². The molecule has 0 aliphatic rings. The molecule has 8 heteroatoms. The molecule has 3 rings (SSSR count). The molecule has 0 aliphatic heterocycles. The number of nitrogen functional groups attached to an aromatic ring is 1. The van der Waals surface area contributed by atoms with Crippen LogP contribution in [0.3, 0.4) is 0 Å². The first-order valence-electron chi connectivity index (χ1n) is 8.95. The lowest BCUT2D eigenvalue weighted by atomic mass is 10.2. The molecule has 1 atom stereocenters. The predicted molar refractivity (Wildman–Crippen MR) is 114 cm³/mol. The van der Waals surface area contributed by atoms with Gasteiger partial charge in [0.1, 0.15) is 11.9 Å². The fraction of sp³-hybridized carbons (Fsp3) is 0.143. The lowest BCUT2D eigenvalue weighted by Gasteiger charge is -2.19. The molecule has 1 heterocycles. The molecule has 0 bridgehead atoms. The predicted octanol–water partition coefficient (Wildman–Crippen LogP) is 3.20. The Balaban J connectivity index is 1.92. The van der Waals surface area contributed by atoms with Crippen LogP contribution in [0.5, 0.6) is 0 Å². The Kier molecular flexibility index (Phi) is 6.32. The van der Waals surface area contributed by atoms with Crippen molar-refractivity contribution in [1.29, 1.82) is 5.26 Å². The summed E-state index contributed by atoms with van der Waals surface area (Å²) in [6.07, 6.45) is 0.491. The molecule has 0 saturated carbocycles. The van der Waals surface area contributed by atoms with Crippen LogP contribution in [-0.4, -0.2) is 20.7 Å². The summed E-state index contributed by atoms with van der Waals surface area (Å²) >= 11 is 1.16. The topological polar surface area (TPSA) is 114 Å². The van der Waals surface area contributed by atoms with E-state index in [2.05, 4.69) is 16.4 Å². The number of carbonyl (C=O) groups is 1. The van der Waals surface area contributed by atoms with Crippen LogP contribution in [-0.2, 0) is 4.79 Å². The van der Waals surface area contributed by atoms with Crippen molar-refractivity contribution >= 4 is 29.2 Å². The Morgan fingerprint density at radius 2 is 1.93 bits per heavy atom. The van der Waals surface area contributed by atoms with Gasteiger partial charge in [-0.1, -0.05) is 49.0 Å². The van der Waals surface area contributed by atoms with Gasteiger partial charge in [-0.25, -0.2) is 0 Å². The van der Waals surface area contributed by atoms with Gasteiger partial charge in [-0.05, 0) is 30.7 Å². The highest BCUT2D eigenvalue weighted by Gasteiger charge is 2.22. The van der Waals surface area contributed by atoms with Crippen molar-refractivity contribution in [3.63, 3.8) is 0 Å². The molecule has 1 amide bonds. The van der Waals surface area contributed by atoms with Gasteiger partial charge < -0.3 is 11.1 Å². The van der Waals surface area contributed by atoms with Crippen LogP contribution in [0.15, 0.2) is 70.6 Å². The summed E-state index contributed by atoms with van der Waals surface area (Å²) in [7, 11) is 0. The van der Waals surface area contributed by atoms with E-state index >= 15 is 0 Å². The van der Waals surface area contributed by atoms with E-state index in [4.69, 9.17) is 5.73 Å². The zero-order valence-corrected chi connectivity index (χ0v) is 16.5. The van der Waals surface area contributed by atoms with Gasteiger partial charge in [0.25, 0.3) is 5.56 Å². The fourth-order valence-corrected chi connectivity index (χ4v) is 3.79. The number of anilines is 2. The summed E-state index contributed by atoms with van der Waals surface area (Å²) in [6, 6.07) is 19.4. The Labute approximate surface area is 172 Å². The molecule has 0 fully saturated rings. The van der Waals surface area contributed by atoms with Crippen molar-refractivity contribution in [3.8, 4) is 11.8 Å². The monoisotopic (exact) mass is 405 g/mol. The van der Waals surface area contributed by atoms with Crippen LogP contribution >= 0.6 is 11.8 Å². The zero-order valence-electron chi connectivity index (χ0n) is 15.7. The fourth-order valence-electron chi connectivity index (χ4n) is 2.75. The lowest BCUT2D eigenvalue weighted by molar-refractivity contribution is -0.115. The summed E-state index contributed by atoms with van der Waals surface area (Å²) in [4.78, 5) is 28.9. The van der Waals surface area contributed by atoms with Gasteiger partial charge in [0.15, 0.2) is 5.16 Å². The Bertz CT molecular complexity index is 1120. The second kappa shape index (κ2) is 9.08. The number of nitriles is 1. The molecule has 0 saturated heterocycles. The second-order valence-electron chi connectivity index (χ2n) is 6.13. The van der Waals surface area contributed by atoms with Gasteiger partial charge in [-0.3, -0.25) is 14.2 Å². The van der Waals surface area contributed by atoms with E-state index < -0.39 is 10.8 Å². The normalized spacial score (nSPS) is 11.4. The quantitative estimate of drug-likeness (QED) is 0.481. The van der Waals surface area contributed by atoms with E-state index in [1.807, 2.05) is 37.3 Å². The maximum absolute atomic E-state index is 12.8. The molecule has 1 unspecified atom stereocenters. The van der Waals surface area contributed by atoms with Gasteiger partial charge in [0.2, 0.25) is 5.91 Å². The third-order valence-corrected chi connectivity index (χ3v) is 5.47. The molecule has 0 radical (unpaired) electrons. The first kappa shape index (κ1) is 20.2. The van der Waals surface area contributed by atoms with E-state index in [1.54, 1.807) is 28.8 Å². The van der Waals surface area contributed by atoms with Gasteiger partial charge in [-0.15, -0.1) is 0 Å². The number of carbonyl (C=O) groups excluding carboxylic acids is 1. The van der Waals surface area contributed by atoms with E-state index in [0.717, 1.165) is 17.4 Å². The number of nitrogens with two attached hydrogens (primary N) is 1. The van der Waals surface area contributed by atoms with E-state index in [-0.39, 0.29) is 11.7 Å².